The third-order valence-electron chi connectivity index (χ3n) is 4.24. The van der Waals surface area contributed by atoms with Crippen molar-refractivity contribution in [2.24, 2.45) is 0 Å². The molecule has 8 heteroatoms. The van der Waals surface area contributed by atoms with Gasteiger partial charge in [0.2, 0.25) is 0 Å². The minimum atomic E-state index is -3.97. The van der Waals surface area contributed by atoms with E-state index in [1.807, 2.05) is 6.07 Å². The van der Waals surface area contributed by atoms with Crippen LogP contribution in [0.3, 0.4) is 0 Å². The second-order valence-corrected chi connectivity index (χ2v) is 8.87. The molecule has 0 heterocycles. The number of nitrogens with one attached hydrogen (secondary N) is 2. The SMILES string of the molecule is Cc1ccccc1NS(=O)(=O)c1cc(C(=O)NCc2ccc(Cl)cc2)ccc1Cl. The summed E-state index contributed by atoms with van der Waals surface area (Å²) < 4.78 is 28.2. The molecule has 0 saturated heterocycles. The van der Waals surface area contributed by atoms with Gasteiger partial charge in [-0.05, 0) is 54.4 Å². The van der Waals surface area contributed by atoms with Crippen LogP contribution in [0, 0.1) is 6.92 Å². The van der Waals surface area contributed by atoms with Crippen LogP contribution in [-0.4, -0.2) is 14.3 Å². The third-order valence-corrected chi connectivity index (χ3v) is 6.34. The summed E-state index contributed by atoms with van der Waals surface area (Å²) in [5, 5.41) is 3.38. The number of benzene rings is 3. The van der Waals surface area contributed by atoms with Crippen LogP contribution in [0.1, 0.15) is 21.5 Å². The van der Waals surface area contributed by atoms with Crippen molar-refractivity contribution in [3.63, 3.8) is 0 Å². The highest BCUT2D eigenvalue weighted by Gasteiger charge is 2.21. The molecule has 1 amide bonds. The van der Waals surface area contributed by atoms with Gasteiger partial charge in [-0.3, -0.25) is 9.52 Å². The fourth-order valence-electron chi connectivity index (χ4n) is 2.62. The lowest BCUT2D eigenvalue weighted by molar-refractivity contribution is 0.0950. The highest BCUT2D eigenvalue weighted by atomic mass is 35.5. The quantitative estimate of drug-likeness (QED) is 0.554. The van der Waals surface area contributed by atoms with Crippen molar-refractivity contribution in [2.45, 2.75) is 18.4 Å². The van der Waals surface area contributed by atoms with Crippen molar-refractivity contribution >= 4 is 44.8 Å². The summed E-state index contributed by atoms with van der Waals surface area (Å²) in [5.74, 6) is -0.413. The van der Waals surface area contributed by atoms with Crippen molar-refractivity contribution in [1.82, 2.24) is 5.32 Å². The van der Waals surface area contributed by atoms with E-state index in [2.05, 4.69) is 10.0 Å². The number of sulfonamides is 1. The summed E-state index contributed by atoms with van der Waals surface area (Å²) in [5.41, 5.74) is 2.27. The zero-order valence-corrected chi connectivity index (χ0v) is 17.8. The molecule has 0 atom stereocenters. The van der Waals surface area contributed by atoms with Crippen molar-refractivity contribution in [3.05, 3.63) is 93.5 Å². The molecule has 0 saturated carbocycles. The molecule has 3 rings (SSSR count). The molecule has 0 aromatic heterocycles. The first-order valence-corrected chi connectivity index (χ1v) is 10.9. The van der Waals surface area contributed by atoms with Gasteiger partial charge in [-0.1, -0.05) is 53.5 Å². The molecular formula is C21H18Cl2N2O3S. The molecule has 0 spiro atoms. The summed E-state index contributed by atoms with van der Waals surface area (Å²) in [6.45, 7) is 2.07. The Hall–Kier alpha value is -2.54. The number of para-hydroxylation sites is 1. The van der Waals surface area contributed by atoms with Crippen LogP contribution in [-0.2, 0) is 16.6 Å². The van der Waals surface area contributed by atoms with E-state index in [1.54, 1.807) is 49.4 Å². The summed E-state index contributed by atoms with van der Waals surface area (Å²) in [4.78, 5) is 12.3. The number of anilines is 1. The predicted octanol–water partition coefficient (Wildman–Crippen LogP) is 5.03. The minimum absolute atomic E-state index is 0.0281. The Bertz CT molecular complexity index is 1150. The van der Waals surface area contributed by atoms with Crippen LogP contribution >= 0.6 is 23.2 Å². The fraction of sp³-hybridized carbons (Fsp3) is 0.0952. The van der Waals surface area contributed by atoms with Crippen LogP contribution in [0.25, 0.3) is 0 Å². The molecule has 2 N–H and O–H groups in total. The fourth-order valence-corrected chi connectivity index (χ4v) is 4.41. The Morgan fingerprint density at radius 1 is 0.966 bits per heavy atom. The second-order valence-electron chi connectivity index (χ2n) is 6.37. The molecule has 3 aromatic carbocycles. The van der Waals surface area contributed by atoms with Gasteiger partial charge in [0.1, 0.15) is 4.90 Å². The first-order chi connectivity index (χ1) is 13.8. The van der Waals surface area contributed by atoms with E-state index in [9.17, 15) is 13.2 Å². The van der Waals surface area contributed by atoms with E-state index in [0.717, 1.165) is 11.1 Å². The summed E-state index contributed by atoms with van der Waals surface area (Å²) >= 11 is 12.0. The first-order valence-electron chi connectivity index (χ1n) is 8.67. The number of carbonyl (C=O) groups excluding carboxylic acids is 1. The molecule has 150 valence electrons. The summed E-state index contributed by atoms with van der Waals surface area (Å²) in [6.07, 6.45) is 0. The van der Waals surface area contributed by atoms with Gasteiger partial charge in [0.25, 0.3) is 15.9 Å². The van der Waals surface area contributed by atoms with Gasteiger partial charge in [0.15, 0.2) is 0 Å². The normalized spacial score (nSPS) is 11.1. The maximum Gasteiger partial charge on any atom is 0.263 e. The molecular weight excluding hydrogens is 431 g/mol. The summed E-state index contributed by atoms with van der Waals surface area (Å²) in [6, 6.07) is 18.2. The number of halogens is 2. The second kappa shape index (κ2) is 8.86. The van der Waals surface area contributed by atoms with Crippen LogP contribution in [0.2, 0.25) is 10.0 Å². The zero-order chi connectivity index (χ0) is 21.0. The number of aryl methyl sites for hydroxylation is 1. The average Bonchev–Trinajstić information content (AvgIpc) is 2.69. The van der Waals surface area contributed by atoms with Crippen molar-refractivity contribution in [2.75, 3.05) is 4.72 Å². The highest BCUT2D eigenvalue weighted by Crippen LogP contribution is 2.26. The molecule has 0 fully saturated rings. The summed E-state index contributed by atoms with van der Waals surface area (Å²) in [7, 11) is -3.97. The number of carbonyl (C=O) groups is 1. The largest absolute Gasteiger partial charge is 0.348 e. The monoisotopic (exact) mass is 448 g/mol. The molecule has 29 heavy (non-hydrogen) atoms. The van der Waals surface area contributed by atoms with Crippen LogP contribution in [0.15, 0.2) is 71.6 Å². The van der Waals surface area contributed by atoms with Gasteiger partial charge in [-0.25, -0.2) is 8.42 Å². The number of rotatable bonds is 6. The standard InChI is InChI=1S/C21H18Cl2N2O3S/c1-14-4-2-3-5-19(14)25-29(27,28)20-12-16(8-11-18(20)23)21(26)24-13-15-6-9-17(22)10-7-15/h2-12,25H,13H2,1H3,(H,24,26). The smallest absolute Gasteiger partial charge is 0.263 e. The molecule has 0 aliphatic heterocycles. The predicted molar refractivity (Wildman–Crippen MR) is 116 cm³/mol. The first kappa shape index (κ1) is 21.2. The minimum Gasteiger partial charge on any atom is -0.348 e. The van der Waals surface area contributed by atoms with E-state index < -0.39 is 15.9 Å². The number of hydrogen-bond acceptors (Lipinski definition) is 3. The van der Waals surface area contributed by atoms with Gasteiger partial charge in [0, 0.05) is 17.1 Å². The third kappa shape index (κ3) is 5.29. The van der Waals surface area contributed by atoms with Gasteiger partial charge < -0.3 is 5.32 Å². The lowest BCUT2D eigenvalue weighted by Gasteiger charge is -2.13. The zero-order valence-electron chi connectivity index (χ0n) is 15.4. The Labute approximate surface area is 179 Å². The Balaban J connectivity index is 1.80. The maximum atomic E-state index is 12.8. The molecule has 0 bridgehead atoms. The highest BCUT2D eigenvalue weighted by molar-refractivity contribution is 7.92. The van der Waals surface area contributed by atoms with Crippen molar-refractivity contribution < 1.29 is 13.2 Å². The van der Waals surface area contributed by atoms with Gasteiger partial charge >= 0.3 is 0 Å². The van der Waals surface area contributed by atoms with Gasteiger partial charge in [-0.2, -0.15) is 0 Å². The average molecular weight is 449 g/mol. The lowest BCUT2D eigenvalue weighted by Crippen LogP contribution is -2.23. The lowest BCUT2D eigenvalue weighted by atomic mass is 10.2. The maximum absolute atomic E-state index is 12.8. The molecule has 5 nitrogen and oxygen atoms in total. The molecule has 3 aromatic rings. The van der Waals surface area contributed by atoms with E-state index in [4.69, 9.17) is 23.2 Å². The molecule has 0 aliphatic carbocycles. The van der Waals surface area contributed by atoms with Crippen molar-refractivity contribution in [3.8, 4) is 0 Å². The van der Waals surface area contributed by atoms with E-state index in [1.165, 1.54) is 18.2 Å². The van der Waals surface area contributed by atoms with E-state index in [-0.39, 0.29) is 22.0 Å². The van der Waals surface area contributed by atoms with Gasteiger partial charge in [0.05, 0.1) is 10.7 Å². The molecule has 0 unspecified atom stereocenters. The number of amides is 1. The Morgan fingerprint density at radius 3 is 2.34 bits per heavy atom. The number of hydrogen-bond donors (Lipinski definition) is 2. The molecule has 0 aliphatic rings. The topological polar surface area (TPSA) is 75.3 Å². The van der Waals surface area contributed by atoms with Gasteiger partial charge in [-0.15, -0.1) is 0 Å². The van der Waals surface area contributed by atoms with Crippen molar-refractivity contribution in [1.29, 1.82) is 0 Å². The van der Waals surface area contributed by atoms with E-state index >= 15 is 0 Å². The van der Waals surface area contributed by atoms with Crippen LogP contribution in [0.5, 0.6) is 0 Å². The molecule has 0 radical (unpaired) electrons. The Morgan fingerprint density at radius 2 is 1.66 bits per heavy atom. The van der Waals surface area contributed by atoms with E-state index in [0.29, 0.717) is 10.7 Å². The Kier molecular flexibility index (Phi) is 6.47. The van der Waals surface area contributed by atoms with Crippen LogP contribution in [0.4, 0.5) is 5.69 Å². The van der Waals surface area contributed by atoms with Crippen LogP contribution < -0.4 is 10.0 Å².